The van der Waals surface area contributed by atoms with Gasteiger partial charge < -0.3 is 10.3 Å². The fourth-order valence-corrected chi connectivity index (χ4v) is 0.911. The third-order valence-electron chi connectivity index (χ3n) is 1.36. The second-order valence-corrected chi connectivity index (χ2v) is 1.95. The van der Waals surface area contributed by atoms with Gasteiger partial charge in [0.05, 0.1) is 0 Å². The van der Waals surface area contributed by atoms with Gasteiger partial charge in [0.25, 0.3) is 0 Å². The number of aliphatic imine (C=N–C) groups is 1. The van der Waals surface area contributed by atoms with Gasteiger partial charge in [-0.25, -0.2) is 0 Å². The number of fused-ring (bicyclic) bond motifs is 1. The minimum atomic E-state index is 0.688. The van der Waals surface area contributed by atoms with Crippen LogP contribution in [0.5, 0.6) is 0 Å². The van der Waals surface area contributed by atoms with Gasteiger partial charge in [-0.2, -0.15) is 0 Å². The Bertz CT molecular complexity index is 236. The molecule has 1 aliphatic heterocycles. The Morgan fingerprint density at radius 3 is 3.44 bits per heavy atom. The van der Waals surface area contributed by atoms with Crippen LogP contribution in [0.15, 0.2) is 17.3 Å². The number of aromatic amines is 1. The Morgan fingerprint density at radius 2 is 2.56 bits per heavy atom. The number of nitrogens with zero attached hydrogens (tertiary/aromatic N) is 1. The molecule has 46 valence electrons. The molecule has 0 bridgehead atoms. The lowest BCUT2D eigenvalue weighted by atomic mass is 10.3. The highest BCUT2D eigenvalue weighted by Crippen LogP contribution is 2.11. The van der Waals surface area contributed by atoms with Crippen LogP contribution in [-0.2, 0) is 0 Å². The van der Waals surface area contributed by atoms with Gasteiger partial charge in [-0.05, 0) is 6.07 Å². The Hall–Kier alpha value is -1.25. The van der Waals surface area contributed by atoms with Gasteiger partial charge in [0.1, 0.15) is 12.5 Å². The quantitative estimate of drug-likeness (QED) is 0.524. The highest BCUT2D eigenvalue weighted by Gasteiger charge is 2.01. The highest BCUT2D eigenvalue weighted by atomic mass is 15.1. The van der Waals surface area contributed by atoms with Crippen molar-refractivity contribution in [2.24, 2.45) is 4.99 Å². The molecule has 9 heavy (non-hydrogen) atoms. The zero-order valence-corrected chi connectivity index (χ0v) is 4.89. The summed E-state index contributed by atoms with van der Waals surface area (Å²) in [6.45, 7) is 0.688. The molecule has 0 aliphatic carbocycles. The van der Waals surface area contributed by atoms with E-state index in [4.69, 9.17) is 0 Å². The van der Waals surface area contributed by atoms with Gasteiger partial charge in [0.2, 0.25) is 0 Å². The van der Waals surface area contributed by atoms with E-state index in [1.807, 2.05) is 18.5 Å². The fourth-order valence-electron chi connectivity index (χ4n) is 0.911. The summed E-state index contributed by atoms with van der Waals surface area (Å²) in [5, 5.41) is 3.09. The molecule has 3 nitrogen and oxygen atoms in total. The molecule has 2 heterocycles. The van der Waals surface area contributed by atoms with Crippen LogP contribution in [-0.4, -0.2) is 17.9 Å². The maximum Gasteiger partial charge on any atom is 0.113 e. The van der Waals surface area contributed by atoms with E-state index in [9.17, 15) is 0 Å². The van der Waals surface area contributed by atoms with E-state index in [1.54, 1.807) is 0 Å². The van der Waals surface area contributed by atoms with E-state index in [1.165, 1.54) is 0 Å². The fraction of sp³-hybridized carbons (Fsp3) is 0.167. The molecule has 0 fully saturated rings. The van der Waals surface area contributed by atoms with Crippen LogP contribution in [0.2, 0.25) is 0 Å². The first-order valence-corrected chi connectivity index (χ1v) is 2.88. The second-order valence-electron chi connectivity index (χ2n) is 1.95. The molecule has 0 saturated carbocycles. The first-order chi connectivity index (χ1) is 4.47. The largest absolute Gasteiger partial charge is 0.352 e. The minimum Gasteiger partial charge on any atom is -0.352 e. The van der Waals surface area contributed by atoms with E-state index in [2.05, 4.69) is 15.3 Å². The maximum atomic E-state index is 4.03. The lowest BCUT2D eigenvalue weighted by molar-refractivity contribution is 1.11. The summed E-state index contributed by atoms with van der Waals surface area (Å²) in [5.41, 5.74) is 1.14. The third-order valence-corrected chi connectivity index (χ3v) is 1.36. The number of anilines is 1. The standard InChI is InChI=1S/C6H7N3/c1-2-8-6-5(1)3-7-4-9-6/h1-3,8-9H,4H2. The molecule has 1 aromatic heterocycles. The summed E-state index contributed by atoms with van der Waals surface area (Å²) in [4.78, 5) is 7.09. The first kappa shape index (κ1) is 4.61. The molecule has 0 amide bonds. The Balaban J connectivity index is 2.53. The van der Waals surface area contributed by atoms with Crippen molar-refractivity contribution in [3.8, 4) is 0 Å². The molecule has 0 unspecified atom stereocenters. The van der Waals surface area contributed by atoms with Crippen LogP contribution in [0.3, 0.4) is 0 Å². The number of hydrogen-bond donors (Lipinski definition) is 2. The SMILES string of the molecule is C1=NCNc2[nH]ccc21. The molecule has 0 radical (unpaired) electrons. The van der Waals surface area contributed by atoms with Gasteiger partial charge in [0.15, 0.2) is 0 Å². The molecule has 1 aromatic rings. The van der Waals surface area contributed by atoms with E-state index >= 15 is 0 Å². The molecule has 2 rings (SSSR count). The van der Waals surface area contributed by atoms with E-state index in [0.29, 0.717) is 6.67 Å². The molecule has 0 atom stereocenters. The second kappa shape index (κ2) is 1.62. The van der Waals surface area contributed by atoms with Crippen molar-refractivity contribution in [1.82, 2.24) is 4.98 Å². The number of nitrogens with one attached hydrogen (secondary N) is 2. The summed E-state index contributed by atoms with van der Waals surface area (Å²) in [6.07, 6.45) is 3.76. The molecular formula is C6H7N3. The summed E-state index contributed by atoms with van der Waals surface area (Å²) in [5.74, 6) is 1.07. The van der Waals surface area contributed by atoms with Gasteiger partial charge >= 0.3 is 0 Å². The van der Waals surface area contributed by atoms with Crippen LogP contribution in [0, 0.1) is 0 Å². The Morgan fingerprint density at radius 1 is 1.56 bits per heavy atom. The minimum absolute atomic E-state index is 0.688. The van der Waals surface area contributed by atoms with E-state index in [0.717, 1.165) is 11.4 Å². The number of rotatable bonds is 0. The molecule has 1 aliphatic rings. The van der Waals surface area contributed by atoms with Gasteiger partial charge in [0, 0.05) is 18.0 Å². The van der Waals surface area contributed by atoms with Crippen molar-refractivity contribution in [2.45, 2.75) is 0 Å². The average Bonchev–Trinajstić information content (AvgIpc) is 2.33. The van der Waals surface area contributed by atoms with Crippen LogP contribution in [0.25, 0.3) is 0 Å². The summed E-state index contributed by atoms with van der Waals surface area (Å²) in [7, 11) is 0. The summed E-state index contributed by atoms with van der Waals surface area (Å²) < 4.78 is 0. The normalized spacial score (nSPS) is 14.7. The van der Waals surface area contributed by atoms with E-state index in [-0.39, 0.29) is 0 Å². The van der Waals surface area contributed by atoms with Gasteiger partial charge in [-0.15, -0.1) is 0 Å². The highest BCUT2D eigenvalue weighted by molar-refractivity contribution is 5.87. The van der Waals surface area contributed by atoms with Crippen molar-refractivity contribution in [3.05, 3.63) is 17.8 Å². The monoisotopic (exact) mass is 121 g/mol. The topological polar surface area (TPSA) is 40.2 Å². The molecular weight excluding hydrogens is 114 g/mol. The summed E-state index contributed by atoms with van der Waals surface area (Å²) >= 11 is 0. The lowest BCUT2D eigenvalue weighted by Crippen LogP contribution is -2.05. The van der Waals surface area contributed by atoms with Crippen molar-refractivity contribution in [2.75, 3.05) is 12.0 Å². The molecule has 0 saturated heterocycles. The Kier molecular flexibility index (Phi) is 0.828. The van der Waals surface area contributed by atoms with Crippen molar-refractivity contribution < 1.29 is 0 Å². The summed E-state index contributed by atoms with van der Waals surface area (Å²) in [6, 6.07) is 1.99. The lowest BCUT2D eigenvalue weighted by Gasteiger charge is -2.05. The molecule has 3 heteroatoms. The van der Waals surface area contributed by atoms with Crippen LogP contribution in [0.1, 0.15) is 5.56 Å². The van der Waals surface area contributed by atoms with Crippen molar-refractivity contribution >= 4 is 12.0 Å². The van der Waals surface area contributed by atoms with Gasteiger partial charge in [-0.1, -0.05) is 0 Å². The van der Waals surface area contributed by atoms with Crippen molar-refractivity contribution in [3.63, 3.8) is 0 Å². The van der Waals surface area contributed by atoms with Crippen LogP contribution >= 0.6 is 0 Å². The molecule has 0 aromatic carbocycles. The number of H-pyrrole nitrogens is 1. The average molecular weight is 121 g/mol. The number of hydrogen-bond acceptors (Lipinski definition) is 2. The Labute approximate surface area is 52.8 Å². The van der Waals surface area contributed by atoms with Gasteiger partial charge in [-0.3, -0.25) is 4.99 Å². The predicted octanol–water partition coefficient (Wildman–Crippen LogP) is 0.817. The maximum absolute atomic E-state index is 4.03. The molecule has 2 N–H and O–H groups in total. The number of aromatic nitrogens is 1. The van der Waals surface area contributed by atoms with Crippen LogP contribution < -0.4 is 5.32 Å². The van der Waals surface area contributed by atoms with Crippen LogP contribution in [0.4, 0.5) is 5.82 Å². The first-order valence-electron chi connectivity index (χ1n) is 2.88. The predicted molar refractivity (Wildman–Crippen MR) is 36.9 cm³/mol. The van der Waals surface area contributed by atoms with E-state index < -0.39 is 0 Å². The zero-order chi connectivity index (χ0) is 6.10. The zero-order valence-electron chi connectivity index (χ0n) is 4.89. The third kappa shape index (κ3) is 0.614. The van der Waals surface area contributed by atoms with Crippen molar-refractivity contribution in [1.29, 1.82) is 0 Å². The molecule has 0 spiro atoms. The smallest absolute Gasteiger partial charge is 0.113 e.